The molecule has 0 unspecified atom stereocenters. The second-order valence-corrected chi connectivity index (χ2v) is 10.3. The average Bonchev–Trinajstić information content (AvgIpc) is 3.44. The van der Waals surface area contributed by atoms with Crippen molar-refractivity contribution in [2.45, 2.75) is 70.5 Å². The molecule has 200 valence electrons. The minimum absolute atomic E-state index is 0.0315. The molecule has 38 heavy (non-hydrogen) atoms. The quantitative estimate of drug-likeness (QED) is 0.339. The number of hydrogen-bond acceptors (Lipinski definition) is 3. The molecule has 6 heteroatoms. The lowest BCUT2D eigenvalue weighted by Gasteiger charge is -2.32. The Kier molecular flexibility index (Phi) is 9.52. The van der Waals surface area contributed by atoms with E-state index in [9.17, 15) is 14.0 Å². The highest BCUT2D eigenvalue weighted by atomic mass is 19.1. The lowest BCUT2D eigenvalue weighted by molar-refractivity contribution is -0.143. The maximum Gasteiger partial charge on any atom is 0.261 e. The highest BCUT2D eigenvalue weighted by Crippen LogP contribution is 2.26. The van der Waals surface area contributed by atoms with Crippen molar-refractivity contribution in [3.8, 4) is 5.75 Å². The second-order valence-electron chi connectivity index (χ2n) is 10.3. The summed E-state index contributed by atoms with van der Waals surface area (Å²) in [7, 11) is 0. The Balaban J connectivity index is 1.63. The van der Waals surface area contributed by atoms with Crippen molar-refractivity contribution in [2.24, 2.45) is 0 Å². The van der Waals surface area contributed by atoms with Gasteiger partial charge in [0, 0.05) is 24.6 Å². The Morgan fingerprint density at radius 2 is 1.61 bits per heavy atom. The van der Waals surface area contributed by atoms with E-state index in [1.807, 2.05) is 54.6 Å². The summed E-state index contributed by atoms with van der Waals surface area (Å²) in [5.74, 6) is -0.135. The first kappa shape index (κ1) is 27.4. The average molecular weight is 517 g/mol. The Labute approximate surface area is 225 Å². The molecule has 1 atom stereocenters. The van der Waals surface area contributed by atoms with E-state index in [-0.39, 0.29) is 36.9 Å². The highest BCUT2D eigenvalue weighted by Gasteiger charge is 2.33. The van der Waals surface area contributed by atoms with Crippen LogP contribution < -0.4 is 10.1 Å². The predicted octanol–water partition coefficient (Wildman–Crippen LogP) is 6.03. The maximum atomic E-state index is 14.8. The molecule has 0 spiro atoms. The molecule has 4 rings (SSSR count). The van der Waals surface area contributed by atoms with Gasteiger partial charge in [-0.25, -0.2) is 4.39 Å². The van der Waals surface area contributed by atoms with E-state index < -0.39 is 11.9 Å². The smallest absolute Gasteiger partial charge is 0.261 e. The van der Waals surface area contributed by atoms with Crippen LogP contribution in [0.4, 0.5) is 4.39 Å². The number of amides is 2. The topological polar surface area (TPSA) is 58.6 Å². The normalized spacial score (nSPS) is 14.3. The maximum absolute atomic E-state index is 14.8. The summed E-state index contributed by atoms with van der Waals surface area (Å²) < 4.78 is 20.8. The number of carbonyl (C=O) groups is 2. The summed E-state index contributed by atoms with van der Waals surface area (Å²) >= 11 is 0. The van der Waals surface area contributed by atoms with Crippen LogP contribution in [0.1, 0.15) is 62.1 Å². The van der Waals surface area contributed by atoms with E-state index in [0.29, 0.717) is 17.7 Å². The standard InChI is InChI=1S/C32H37FN2O3/c1-23(2)27-17-9-11-19-30(27)38-22-31(36)35(21-25-14-6-10-18-28(25)33)29(20-24-12-4-3-5-13-24)32(37)34-26-15-7-8-16-26/h3-6,9-14,17-19,23,26,29H,7-8,15-16,20-22H2,1-2H3,(H,34,37)/t29-/m1/s1. The molecule has 1 aliphatic carbocycles. The molecule has 0 saturated heterocycles. The molecule has 0 radical (unpaired) electrons. The summed E-state index contributed by atoms with van der Waals surface area (Å²) in [6.07, 6.45) is 4.34. The van der Waals surface area contributed by atoms with Crippen LogP contribution in [0.5, 0.6) is 5.75 Å². The lowest BCUT2D eigenvalue weighted by atomic mass is 10.0. The van der Waals surface area contributed by atoms with E-state index in [1.54, 1.807) is 18.2 Å². The summed E-state index contributed by atoms with van der Waals surface area (Å²) in [4.78, 5) is 29.0. The van der Waals surface area contributed by atoms with E-state index in [0.717, 1.165) is 36.8 Å². The van der Waals surface area contributed by atoms with Gasteiger partial charge < -0.3 is 15.0 Å². The molecule has 1 aliphatic rings. The first-order valence-electron chi connectivity index (χ1n) is 13.5. The van der Waals surface area contributed by atoms with Crippen LogP contribution in [0.25, 0.3) is 0 Å². The van der Waals surface area contributed by atoms with Gasteiger partial charge >= 0.3 is 0 Å². The number of rotatable bonds is 11. The number of halogens is 1. The number of para-hydroxylation sites is 1. The van der Waals surface area contributed by atoms with E-state index >= 15 is 0 Å². The molecular weight excluding hydrogens is 479 g/mol. The molecular formula is C32H37FN2O3. The predicted molar refractivity (Wildman–Crippen MR) is 147 cm³/mol. The van der Waals surface area contributed by atoms with Crippen molar-refractivity contribution in [3.63, 3.8) is 0 Å². The molecule has 0 aliphatic heterocycles. The number of benzene rings is 3. The minimum Gasteiger partial charge on any atom is -0.483 e. The zero-order chi connectivity index (χ0) is 26.9. The Hall–Kier alpha value is -3.67. The number of carbonyl (C=O) groups excluding carboxylic acids is 2. The summed E-state index contributed by atoms with van der Waals surface area (Å²) in [6.45, 7) is 3.85. The third-order valence-corrected chi connectivity index (χ3v) is 7.16. The van der Waals surface area contributed by atoms with Crippen molar-refractivity contribution in [1.82, 2.24) is 10.2 Å². The fraction of sp³-hybridized carbons (Fsp3) is 0.375. The van der Waals surface area contributed by atoms with Gasteiger partial charge in [0.25, 0.3) is 5.91 Å². The molecule has 2 amide bonds. The molecule has 5 nitrogen and oxygen atoms in total. The van der Waals surface area contributed by atoms with Crippen molar-refractivity contribution in [1.29, 1.82) is 0 Å². The molecule has 0 heterocycles. The molecule has 3 aromatic rings. The first-order chi connectivity index (χ1) is 18.4. The molecule has 1 N–H and O–H groups in total. The van der Waals surface area contributed by atoms with E-state index in [1.165, 1.54) is 11.0 Å². The van der Waals surface area contributed by atoms with Crippen LogP contribution in [0.15, 0.2) is 78.9 Å². The molecule has 1 saturated carbocycles. The van der Waals surface area contributed by atoms with Gasteiger partial charge in [0.1, 0.15) is 17.6 Å². The van der Waals surface area contributed by atoms with Crippen LogP contribution in [0.2, 0.25) is 0 Å². The van der Waals surface area contributed by atoms with Crippen LogP contribution in [0.3, 0.4) is 0 Å². The number of hydrogen-bond donors (Lipinski definition) is 1. The monoisotopic (exact) mass is 516 g/mol. The molecule has 0 bridgehead atoms. The van der Waals surface area contributed by atoms with Crippen molar-refractivity contribution >= 4 is 11.8 Å². The molecule has 3 aromatic carbocycles. The SMILES string of the molecule is CC(C)c1ccccc1OCC(=O)N(Cc1ccccc1F)[C@H](Cc1ccccc1)C(=O)NC1CCCC1. The summed E-state index contributed by atoms with van der Waals surface area (Å²) in [5.41, 5.74) is 2.28. The van der Waals surface area contributed by atoms with Crippen LogP contribution >= 0.6 is 0 Å². The van der Waals surface area contributed by atoms with Gasteiger partial charge in [0.15, 0.2) is 6.61 Å². The molecule has 0 aromatic heterocycles. The van der Waals surface area contributed by atoms with Crippen LogP contribution in [0, 0.1) is 5.82 Å². The number of nitrogens with one attached hydrogen (secondary N) is 1. The lowest BCUT2D eigenvalue weighted by Crippen LogP contribution is -2.53. The van der Waals surface area contributed by atoms with Gasteiger partial charge in [-0.3, -0.25) is 9.59 Å². The summed E-state index contributed by atoms with van der Waals surface area (Å²) in [5, 5.41) is 3.17. The number of ether oxygens (including phenoxy) is 1. The van der Waals surface area contributed by atoms with Crippen LogP contribution in [-0.2, 0) is 22.6 Å². The van der Waals surface area contributed by atoms with Gasteiger partial charge in [-0.2, -0.15) is 0 Å². The van der Waals surface area contributed by atoms with Gasteiger partial charge in [0.05, 0.1) is 0 Å². The first-order valence-corrected chi connectivity index (χ1v) is 13.5. The van der Waals surface area contributed by atoms with E-state index in [4.69, 9.17) is 4.74 Å². The molecule has 1 fully saturated rings. The largest absolute Gasteiger partial charge is 0.483 e. The fourth-order valence-corrected chi connectivity index (χ4v) is 5.04. The summed E-state index contributed by atoms with van der Waals surface area (Å²) in [6, 6.07) is 22.9. The zero-order valence-electron chi connectivity index (χ0n) is 22.2. The van der Waals surface area contributed by atoms with Crippen molar-refractivity contribution in [3.05, 3.63) is 101 Å². The van der Waals surface area contributed by atoms with Crippen molar-refractivity contribution < 1.29 is 18.7 Å². The Morgan fingerprint density at radius 3 is 2.32 bits per heavy atom. The van der Waals surface area contributed by atoms with Crippen LogP contribution in [-0.4, -0.2) is 35.4 Å². The highest BCUT2D eigenvalue weighted by molar-refractivity contribution is 5.88. The van der Waals surface area contributed by atoms with Gasteiger partial charge in [-0.1, -0.05) is 93.4 Å². The second kappa shape index (κ2) is 13.2. The minimum atomic E-state index is -0.811. The zero-order valence-corrected chi connectivity index (χ0v) is 22.2. The van der Waals surface area contributed by atoms with Crippen molar-refractivity contribution in [2.75, 3.05) is 6.61 Å². The van der Waals surface area contributed by atoms with Gasteiger partial charge in [-0.15, -0.1) is 0 Å². The fourth-order valence-electron chi connectivity index (χ4n) is 5.04. The third kappa shape index (κ3) is 7.21. The third-order valence-electron chi connectivity index (χ3n) is 7.16. The van der Waals surface area contributed by atoms with Gasteiger partial charge in [0.2, 0.25) is 5.91 Å². The number of nitrogens with zero attached hydrogens (tertiary/aromatic N) is 1. The Bertz CT molecular complexity index is 1210. The van der Waals surface area contributed by atoms with E-state index in [2.05, 4.69) is 19.2 Å². The van der Waals surface area contributed by atoms with Gasteiger partial charge in [-0.05, 0) is 42.0 Å². The Morgan fingerprint density at radius 1 is 0.947 bits per heavy atom.